The van der Waals surface area contributed by atoms with Gasteiger partial charge in [-0.15, -0.1) is 0 Å². The van der Waals surface area contributed by atoms with Gasteiger partial charge in [0.1, 0.15) is 11.6 Å². The molecule has 0 fully saturated rings. The lowest BCUT2D eigenvalue weighted by molar-refractivity contribution is 0.395. The predicted molar refractivity (Wildman–Crippen MR) is 59.9 cm³/mol. The zero-order valence-electron chi connectivity index (χ0n) is 9.10. The number of rotatable bonds is 3. The molecule has 0 heterocycles. The fourth-order valence-corrected chi connectivity index (χ4v) is 1.56. The summed E-state index contributed by atoms with van der Waals surface area (Å²) in [5.74, 6) is 0.0324. The minimum atomic E-state index is -0.501. The molecule has 0 aliphatic heterocycles. The van der Waals surface area contributed by atoms with Gasteiger partial charge in [0.15, 0.2) is 0 Å². The summed E-state index contributed by atoms with van der Waals surface area (Å²) in [5, 5.41) is 0.0926. The van der Waals surface area contributed by atoms with Gasteiger partial charge in [-0.25, -0.2) is 4.39 Å². The Labute approximate surface area is 94.2 Å². The van der Waals surface area contributed by atoms with E-state index in [-0.39, 0.29) is 5.02 Å². The third-order valence-corrected chi connectivity index (χ3v) is 2.30. The SMILES string of the molecule is COc1ccc(Cl)c(F)c1CC(C)(C)N. The fourth-order valence-electron chi connectivity index (χ4n) is 1.39. The summed E-state index contributed by atoms with van der Waals surface area (Å²) < 4.78 is 18.8. The minimum absolute atomic E-state index is 0.0926. The van der Waals surface area contributed by atoms with Crippen molar-refractivity contribution in [2.75, 3.05) is 7.11 Å². The number of hydrogen-bond donors (Lipinski definition) is 1. The smallest absolute Gasteiger partial charge is 0.148 e. The third kappa shape index (κ3) is 3.08. The Kier molecular flexibility index (Phi) is 3.58. The first-order chi connectivity index (χ1) is 6.85. The molecule has 1 aromatic rings. The summed E-state index contributed by atoms with van der Waals surface area (Å²) in [6, 6.07) is 3.12. The van der Waals surface area contributed by atoms with Gasteiger partial charge in [0.2, 0.25) is 0 Å². The van der Waals surface area contributed by atoms with Gasteiger partial charge in [-0.05, 0) is 32.4 Å². The van der Waals surface area contributed by atoms with Crippen LogP contribution in [0.25, 0.3) is 0 Å². The van der Waals surface area contributed by atoms with Crippen molar-refractivity contribution >= 4 is 11.6 Å². The van der Waals surface area contributed by atoms with Crippen molar-refractivity contribution in [3.8, 4) is 5.75 Å². The number of hydrogen-bond acceptors (Lipinski definition) is 2. The van der Waals surface area contributed by atoms with Gasteiger partial charge in [0.05, 0.1) is 12.1 Å². The maximum atomic E-state index is 13.7. The first kappa shape index (κ1) is 12.3. The number of ether oxygens (including phenoxy) is 1. The van der Waals surface area contributed by atoms with E-state index >= 15 is 0 Å². The zero-order chi connectivity index (χ0) is 11.6. The van der Waals surface area contributed by atoms with E-state index in [1.54, 1.807) is 6.07 Å². The van der Waals surface area contributed by atoms with Crippen molar-refractivity contribution in [1.29, 1.82) is 0 Å². The number of halogens is 2. The molecule has 84 valence electrons. The molecular formula is C11H15ClFNO. The van der Waals surface area contributed by atoms with E-state index in [1.807, 2.05) is 13.8 Å². The van der Waals surface area contributed by atoms with Crippen LogP contribution in [-0.4, -0.2) is 12.6 Å². The second kappa shape index (κ2) is 4.37. The van der Waals surface area contributed by atoms with Gasteiger partial charge in [0.25, 0.3) is 0 Å². The molecule has 0 saturated carbocycles. The van der Waals surface area contributed by atoms with E-state index in [9.17, 15) is 4.39 Å². The highest BCUT2D eigenvalue weighted by Crippen LogP contribution is 2.29. The van der Waals surface area contributed by atoms with E-state index in [1.165, 1.54) is 13.2 Å². The Hall–Kier alpha value is -0.800. The normalized spacial score (nSPS) is 11.6. The van der Waals surface area contributed by atoms with Crippen LogP contribution in [-0.2, 0) is 6.42 Å². The number of nitrogens with two attached hydrogens (primary N) is 1. The van der Waals surface area contributed by atoms with Crippen LogP contribution in [0.5, 0.6) is 5.75 Å². The summed E-state index contributed by atoms with van der Waals surface area (Å²) in [6.45, 7) is 3.65. The lowest BCUT2D eigenvalue weighted by Gasteiger charge is -2.20. The number of methoxy groups -OCH3 is 1. The quantitative estimate of drug-likeness (QED) is 0.868. The van der Waals surface area contributed by atoms with Crippen LogP contribution in [0.1, 0.15) is 19.4 Å². The molecule has 0 atom stereocenters. The summed E-state index contributed by atoms with van der Waals surface area (Å²) in [6.07, 6.45) is 0.378. The van der Waals surface area contributed by atoms with Gasteiger partial charge in [-0.1, -0.05) is 11.6 Å². The highest BCUT2D eigenvalue weighted by atomic mass is 35.5. The van der Waals surface area contributed by atoms with Crippen LogP contribution in [0.15, 0.2) is 12.1 Å². The molecule has 15 heavy (non-hydrogen) atoms. The Morgan fingerprint density at radius 1 is 1.47 bits per heavy atom. The first-order valence-corrected chi connectivity index (χ1v) is 5.02. The minimum Gasteiger partial charge on any atom is -0.496 e. The average molecular weight is 232 g/mol. The molecule has 0 aliphatic rings. The second-order valence-electron chi connectivity index (χ2n) is 4.21. The molecule has 0 saturated heterocycles. The van der Waals surface area contributed by atoms with E-state index in [0.29, 0.717) is 17.7 Å². The van der Waals surface area contributed by atoms with Crippen LogP contribution < -0.4 is 10.5 Å². The summed E-state index contributed by atoms with van der Waals surface area (Å²) in [7, 11) is 1.50. The van der Waals surface area contributed by atoms with Crippen LogP contribution in [0, 0.1) is 5.82 Å². The number of benzene rings is 1. The van der Waals surface area contributed by atoms with E-state index in [0.717, 1.165) is 0 Å². The Balaban J connectivity index is 3.18. The first-order valence-electron chi connectivity index (χ1n) is 4.65. The van der Waals surface area contributed by atoms with Crippen LogP contribution >= 0.6 is 11.6 Å². The molecule has 0 amide bonds. The third-order valence-electron chi connectivity index (χ3n) is 2.01. The van der Waals surface area contributed by atoms with Crippen molar-refractivity contribution < 1.29 is 9.13 Å². The van der Waals surface area contributed by atoms with E-state index in [2.05, 4.69) is 0 Å². The van der Waals surface area contributed by atoms with Crippen molar-refractivity contribution in [3.05, 3.63) is 28.5 Å². The zero-order valence-corrected chi connectivity index (χ0v) is 9.86. The van der Waals surface area contributed by atoms with Crippen molar-refractivity contribution in [2.24, 2.45) is 5.73 Å². The van der Waals surface area contributed by atoms with Crippen molar-refractivity contribution in [2.45, 2.75) is 25.8 Å². The van der Waals surface area contributed by atoms with Gasteiger partial charge in [-0.3, -0.25) is 0 Å². The largest absolute Gasteiger partial charge is 0.496 e. The van der Waals surface area contributed by atoms with Gasteiger partial charge in [-0.2, -0.15) is 0 Å². The molecule has 0 aromatic heterocycles. The second-order valence-corrected chi connectivity index (χ2v) is 4.61. The monoisotopic (exact) mass is 231 g/mol. The summed E-state index contributed by atoms with van der Waals surface area (Å²) in [4.78, 5) is 0. The highest BCUT2D eigenvalue weighted by Gasteiger charge is 2.20. The van der Waals surface area contributed by atoms with Crippen LogP contribution in [0.2, 0.25) is 5.02 Å². The average Bonchev–Trinajstić information content (AvgIpc) is 2.11. The molecule has 1 aromatic carbocycles. The predicted octanol–water partition coefficient (Wildman–Crippen LogP) is 2.77. The van der Waals surface area contributed by atoms with E-state index in [4.69, 9.17) is 22.1 Å². The van der Waals surface area contributed by atoms with Gasteiger partial charge >= 0.3 is 0 Å². The molecule has 0 bridgehead atoms. The van der Waals surface area contributed by atoms with Crippen molar-refractivity contribution in [3.63, 3.8) is 0 Å². The standard InChI is InChI=1S/C11H15ClFNO/c1-11(2,14)6-7-9(15-3)5-4-8(12)10(7)13/h4-5H,6,14H2,1-3H3. The molecular weight excluding hydrogens is 217 g/mol. The maximum absolute atomic E-state index is 13.7. The Morgan fingerprint density at radius 2 is 2.07 bits per heavy atom. The molecule has 0 aliphatic carbocycles. The van der Waals surface area contributed by atoms with Gasteiger partial charge < -0.3 is 10.5 Å². The maximum Gasteiger partial charge on any atom is 0.148 e. The molecule has 4 heteroatoms. The topological polar surface area (TPSA) is 35.2 Å². The molecule has 0 unspecified atom stereocenters. The lowest BCUT2D eigenvalue weighted by atomic mass is 9.95. The van der Waals surface area contributed by atoms with E-state index < -0.39 is 11.4 Å². The molecule has 1 rings (SSSR count). The highest BCUT2D eigenvalue weighted by molar-refractivity contribution is 6.30. The summed E-state index contributed by atoms with van der Waals surface area (Å²) in [5.41, 5.74) is 5.77. The van der Waals surface area contributed by atoms with Crippen LogP contribution in [0.3, 0.4) is 0 Å². The Bertz CT molecular complexity index is 360. The molecule has 2 nitrogen and oxygen atoms in total. The lowest BCUT2D eigenvalue weighted by Crippen LogP contribution is -2.34. The molecule has 0 radical (unpaired) electrons. The fraction of sp³-hybridized carbons (Fsp3) is 0.455. The molecule has 0 spiro atoms. The Morgan fingerprint density at radius 3 is 2.53 bits per heavy atom. The van der Waals surface area contributed by atoms with Crippen LogP contribution in [0.4, 0.5) is 4.39 Å². The van der Waals surface area contributed by atoms with Crippen molar-refractivity contribution in [1.82, 2.24) is 0 Å². The molecule has 2 N–H and O–H groups in total. The summed E-state index contributed by atoms with van der Waals surface area (Å²) >= 11 is 5.70. The van der Waals surface area contributed by atoms with Gasteiger partial charge in [0, 0.05) is 11.1 Å².